The van der Waals surface area contributed by atoms with E-state index >= 15 is 0 Å². The minimum atomic E-state index is 0.651. The minimum Gasteiger partial charge on any atom is -0.278 e. The van der Waals surface area contributed by atoms with Crippen LogP contribution in [0.2, 0.25) is 0 Å². The fourth-order valence-electron chi connectivity index (χ4n) is 6.27. The highest BCUT2D eigenvalue weighted by molar-refractivity contribution is 8.00. The summed E-state index contributed by atoms with van der Waals surface area (Å²) in [5.41, 5.74) is 5.78. The summed E-state index contributed by atoms with van der Waals surface area (Å²) < 4.78 is 2.26. The molecule has 4 nitrogen and oxygen atoms in total. The second-order valence-corrected chi connectivity index (χ2v) is 11.6. The zero-order valence-electron chi connectivity index (χ0n) is 20.9. The van der Waals surface area contributed by atoms with Gasteiger partial charge in [0, 0.05) is 32.0 Å². The lowest BCUT2D eigenvalue weighted by Crippen LogP contribution is -2.15. The Kier molecular flexibility index (Phi) is 5.12. The van der Waals surface area contributed by atoms with Crippen molar-refractivity contribution in [1.29, 1.82) is 0 Å². The van der Waals surface area contributed by atoms with Crippen molar-refractivity contribution >= 4 is 33.6 Å². The van der Waals surface area contributed by atoms with Crippen molar-refractivity contribution in [3.8, 4) is 28.7 Å². The first-order valence-corrected chi connectivity index (χ1v) is 14.3. The summed E-state index contributed by atoms with van der Waals surface area (Å²) in [5, 5.41) is 3.23. The Balaban J connectivity index is 1.42. The molecule has 0 bridgehead atoms. The van der Waals surface area contributed by atoms with Gasteiger partial charge in [-0.2, -0.15) is 9.97 Å². The molecule has 0 radical (unpaired) electrons. The molecule has 5 heteroatoms. The van der Waals surface area contributed by atoms with Gasteiger partial charge in [0.1, 0.15) is 0 Å². The number of rotatable bonds is 3. The normalized spacial score (nSPS) is 18.5. The van der Waals surface area contributed by atoms with Gasteiger partial charge in [-0.15, -0.1) is 11.8 Å². The number of aromatic nitrogens is 4. The molecule has 38 heavy (non-hydrogen) atoms. The van der Waals surface area contributed by atoms with Crippen LogP contribution in [0.25, 0.3) is 50.5 Å². The maximum Gasteiger partial charge on any atom is 0.238 e. The Hall–Kier alpha value is -3.96. The van der Waals surface area contributed by atoms with E-state index in [2.05, 4.69) is 77.0 Å². The van der Waals surface area contributed by atoms with Crippen LogP contribution >= 0.6 is 11.8 Å². The van der Waals surface area contributed by atoms with E-state index in [-0.39, 0.29) is 0 Å². The van der Waals surface area contributed by atoms with E-state index in [0.29, 0.717) is 23.5 Å². The van der Waals surface area contributed by atoms with Crippen molar-refractivity contribution in [2.75, 3.05) is 0 Å². The molecule has 1 unspecified atom stereocenters. The van der Waals surface area contributed by atoms with Crippen LogP contribution in [0.5, 0.6) is 0 Å². The Bertz CT molecular complexity index is 1750. The van der Waals surface area contributed by atoms with Crippen molar-refractivity contribution in [2.45, 2.75) is 41.7 Å². The fourth-order valence-corrected chi connectivity index (χ4v) is 7.86. The van der Waals surface area contributed by atoms with E-state index in [1.807, 2.05) is 36.4 Å². The molecule has 2 aromatic heterocycles. The van der Waals surface area contributed by atoms with Crippen molar-refractivity contribution in [3.63, 3.8) is 0 Å². The van der Waals surface area contributed by atoms with Crippen molar-refractivity contribution in [3.05, 3.63) is 103 Å². The number of nitrogens with zero attached hydrogens (tertiary/aromatic N) is 4. The van der Waals surface area contributed by atoms with Crippen LogP contribution in [-0.4, -0.2) is 24.8 Å². The van der Waals surface area contributed by atoms with Gasteiger partial charge in [0.25, 0.3) is 0 Å². The number of hydrogen-bond donors (Lipinski definition) is 0. The zero-order chi connectivity index (χ0) is 25.1. The molecular formula is C33H26N4S. The third kappa shape index (κ3) is 3.49. The van der Waals surface area contributed by atoms with Gasteiger partial charge >= 0.3 is 0 Å². The van der Waals surface area contributed by atoms with E-state index in [1.54, 1.807) is 0 Å². The van der Waals surface area contributed by atoms with Gasteiger partial charge in [0.05, 0.1) is 11.0 Å². The molecule has 8 rings (SSSR count). The zero-order valence-corrected chi connectivity index (χ0v) is 21.7. The molecule has 3 heterocycles. The van der Waals surface area contributed by atoms with E-state index in [0.717, 1.165) is 21.9 Å². The van der Waals surface area contributed by atoms with E-state index < -0.39 is 0 Å². The van der Waals surface area contributed by atoms with Crippen LogP contribution in [0.1, 0.15) is 37.2 Å². The van der Waals surface area contributed by atoms with E-state index in [9.17, 15) is 0 Å². The Morgan fingerprint density at radius 1 is 0.632 bits per heavy atom. The molecule has 1 aliphatic carbocycles. The summed E-state index contributed by atoms with van der Waals surface area (Å²) in [7, 11) is 0. The second-order valence-electron chi connectivity index (χ2n) is 10.3. The lowest BCUT2D eigenvalue weighted by atomic mass is 9.84. The summed E-state index contributed by atoms with van der Waals surface area (Å²) in [4.78, 5) is 16.5. The molecule has 2 aliphatic rings. The van der Waals surface area contributed by atoms with Crippen LogP contribution in [-0.2, 0) is 0 Å². The smallest absolute Gasteiger partial charge is 0.238 e. The standard InChI is InChI=1S/C33H26N4S/c1-3-11-21(12-4-1)31-34-32(22-13-5-2-6-14-22)36-33(35-31)37-27-17-9-7-15-23(27)25-20-30-26(19-28(25)37)24-16-8-10-18-29(24)38-30/h1-7,9,11-15,17,19-20,24,29H,8,10,16,18H2/t24-,29?/m1/s1. The Morgan fingerprint density at radius 2 is 1.29 bits per heavy atom. The predicted octanol–water partition coefficient (Wildman–Crippen LogP) is 8.43. The lowest BCUT2D eigenvalue weighted by Gasteiger charge is -2.24. The minimum absolute atomic E-state index is 0.651. The highest BCUT2D eigenvalue weighted by Crippen LogP contribution is 2.53. The molecule has 4 aromatic carbocycles. The summed E-state index contributed by atoms with van der Waals surface area (Å²) >= 11 is 2.10. The summed E-state index contributed by atoms with van der Waals surface area (Å²) in [6.07, 6.45) is 5.30. The number of thioether (sulfide) groups is 1. The van der Waals surface area contributed by atoms with Gasteiger partial charge in [-0.25, -0.2) is 4.98 Å². The molecule has 0 spiro atoms. The molecule has 1 fully saturated rings. The number of para-hydroxylation sites is 1. The molecule has 2 atom stereocenters. The van der Waals surface area contributed by atoms with E-state index in [1.165, 1.54) is 52.4 Å². The summed E-state index contributed by atoms with van der Waals surface area (Å²) in [5.74, 6) is 2.68. The third-order valence-corrected chi connectivity index (χ3v) is 9.55. The van der Waals surface area contributed by atoms with Gasteiger partial charge in [-0.3, -0.25) is 4.57 Å². The topological polar surface area (TPSA) is 43.6 Å². The quantitative estimate of drug-likeness (QED) is 0.240. The van der Waals surface area contributed by atoms with Gasteiger partial charge in [0.2, 0.25) is 5.95 Å². The molecular weight excluding hydrogens is 484 g/mol. The molecule has 184 valence electrons. The Morgan fingerprint density at radius 3 is 2.03 bits per heavy atom. The predicted molar refractivity (Wildman–Crippen MR) is 156 cm³/mol. The molecule has 0 amide bonds. The summed E-state index contributed by atoms with van der Waals surface area (Å²) in [6, 6.07) is 33.9. The molecule has 1 aliphatic heterocycles. The first-order chi connectivity index (χ1) is 18.8. The van der Waals surface area contributed by atoms with Crippen LogP contribution in [0.4, 0.5) is 0 Å². The summed E-state index contributed by atoms with van der Waals surface area (Å²) in [6.45, 7) is 0. The highest BCUT2D eigenvalue weighted by atomic mass is 32.2. The maximum absolute atomic E-state index is 5.08. The third-order valence-electron chi connectivity index (χ3n) is 8.07. The van der Waals surface area contributed by atoms with Crippen molar-refractivity contribution in [2.24, 2.45) is 0 Å². The maximum atomic E-state index is 5.08. The SMILES string of the molecule is c1ccc(-c2nc(-c3ccccc3)nc(-n3c4ccccc4c4cc5c(cc43)[C@H]3CCCCC3S5)n2)cc1. The first-order valence-electron chi connectivity index (χ1n) is 13.4. The van der Waals surface area contributed by atoms with E-state index in [4.69, 9.17) is 15.0 Å². The largest absolute Gasteiger partial charge is 0.278 e. The van der Waals surface area contributed by atoms with Crippen molar-refractivity contribution in [1.82, 2.24) is 19.5 Å². The Labute approximate surface area is 225 Å². The average molecular weight is 511 g/mol. The number of fused-ring (bicyclic) bond motifs is 6. The average Bonchev–Trinajstić information content (AvgIpc) is 3.51. The second kappa shape index (κ2) is 8.81. The number of benzene rings is 4. The number of hydrogen-bond acceptors (Lipinski definition) is 4. The monoisotopic (exact) mass is 510 g/mol. The van der Waals surface area contributed by atoms with Gasteiger partial charge in [-0.05, 0) is 42.5 Å². The molecule has 1 saturated carbocycles. The van der Waals surface area contributed by atoms with Gasteiger partial charge in [0.15, 0.2) is 11.6 Å². The lowest BCUT2D eigenvalue weighted by molar-refractivity contribution is 0.461. The van der Waals surface area contributed by atoms with Gasteiger partial charge in [-0.1, -0.05) is 91.7 Å². The molecule has 0 saturated heterocycles. The molecule has 0 N–H and O–H groups in total. The van der Waals surface area contributed by atoms with Gasteiger partial charge < -0.3 is 0 Å². The van der Waals surface area contributed by atoms with Crippen LogP contribution in [0, 0.1) is 0 Å². The molecule has 6 aromatic rings. The van der Waals surface area contributed by atoms with Crippen molar-refractivity contribution < 1.29 is 0 Å². The van der Waals surface area contributed by atoms with Crippen LogP contribution in [0.15, 0.2) is 102 Å². The first kappa shape index (κ1) is 22.1. The van der Waals surface area contributed by atoms with Crippen LogP contribution < -0.4 is 0 Å². The fraction of sp³-hybridized carbons (Fsp3) is 0.182. The van der Waals surface area contributed by atoms with Crippen LogP contribution in [0.3, 0.4) is 0 Å². The highest BCUT2D eigenvalue weighted by Gasteiger charge is 2.36.